The van der Waals surface area contributed by atoms with Gasteiger partial charge in [-0.2, -0.15) is 0 Å². The molecule has 0 atom stereocenters. The Balaban J connectivity index is 2.13. The van der Waals surface area contributed by atoms with Gasteiger partial charge in [0.05, 0.1) is 0 Å². The number of hydrogen-bond donors (Lipinski definition) is 1. The van der Waals surface area contributed by atoms with Crippen molar-refractivity contribution in [2.75, 3.05) is 5.32 Å². The number of nitrogens with one attached hydrogen (secondary N) is 1. The van der Waals surface area contributed by atoms with Gasteiger partial charge in [-0.05, 0) is 48.7 Å². The summed E-state index contributed by atoms with van der Waals surface area (Å²) in [6.45, 7) is 4.78. The summed E-state index contributed by atoms with van der Waals surface area (Å²) in [6.07, 6.45) is 0. The van der Waals surface area contributed by atoms with Crippen LogP contribution in [0.4, 0.5) is 5.69 Å². The van der Waals surface area contributed by atoms with Gasteiger partial charge in [0.2, 0.25) is 0 Å². The summed E-state index contributed by atoms with van der Waals surface area (Å²) in [7, 11) is 0. The molecule has 0 aliphatic carbocycles. The first kappa shape index (κ1) is 13.3. The molecule has 2 aromatic rings. The summed E-state index contributed by atoms with van der Waals surface area (Å²) >= 11 is 12.2. The third kappa shape index (κ3) is 3.18. The van der Waals surface area contributed by atoms with E-state index in [0.717, 1.165) is 21.3 Å². The Bertz CT molecular complexity index is 564. The lowest BCUT2D eigenvalue weighted by Crippen LogP contribution is -2.01. The Kier molecular flexibility index (Phi) is 4.15. The van der Waals surface area contributed by atoms with Crippen molar-refractivity contribution in [3.05, 3.63) is 63.1 Å². The SMILES string of the molecule is Cc1ccc(CNc2cc(Cl)ccc2C)c(Cl)c1. The predicted molar refractivity (Wildman–Crippen MR) is 79.7 cm³/mol. The number of aryl methyl sites for hydroxylation is 2. The summed E-state index contributed by atoms with van der Waals surface area (Å²) in [5.74, 6) is 0. The van der Waals surface area contributed by atoms with E-state index < -0.39 is 0 Å². The van der Waals surface area contributed by atoms with Crippen LogP contribution in [0.5, 0.6) is 0 Å². The van der Waals surface area contributed by atoms with Crippen LogP contribution in [0.15, 0.2) is 36.4 Å². The van der Waals surface area contributed by atoms with Crippen molar-refractivity contribution >= 4 is 28.9 Å². The minimum Gasteiger partial charge on any atom is -0.381 e. The Morgan fingerprint density at radius 3 is 2.50 bits per heavy atom. The molecule has 0 unspecified atom stereocenters. The molecule has 3 heteroatoms. The van der Waals surface area contributed by atoms with Crippen LogP contribution in [0.2, 0.25) is 10.0 Å². The van der Waals surface area contributed by atoms with Gasteiger partial charge in [0.15, 0.2) is 0 Å². The molecule has 0 aliphatic rings. The van der Waals surface area contributed by atoms with E-state index in [1.807, 2.05) is 37.3 Å². The standard InChI is InChI=1S/C15H15Cl2N/c1-10-3-5-12(14(17)7-10)9-18-15-8-13(16)6-4-11(15)2/h3-8,18H,9H2,1-2H3. The van der Waals surface area contributed by atoms with Gasteiger partial charge in [0.1, 0.15) is 0 Å². The normalized spacial score (nSPS) is 10.4. The van der Waals surface area contributed by atoms with E-state index in [1.165, 1.54) is 11.1 Å². The maximum atomic E-state index is 6.20. The van der Waals surface area contributed by atoms with Crippen molar-refractivity contribution in [2.45, 2.75) is 20.4 Å². The second kappa shape index (κ2) is 5.64. The predicted octanol–water partition coefficient (Wildman–Crippen LogP) is 5.22. The summed E-state index contributed by atoms with van der Waals surface area (Å²) in [5.41, 5.74) is 4.46. The van der Waals surface area contributed by atoms with Gasteiger partial charge < -0.3 is 5.32 Å². The lowest BCUT2D eigenvalue weighted by molar-refractivity contribution is 1.14. The minimum absolute atomic E-state index is 0.695. The number of benzene rings is 2. The summed E-state index contributed by atoms with van der Waals surface area (Å²) in [5, 5.41) is 4.89. The second-order valence-corrected chi connectivity index (χ2v) is 5.25. The Labute approximate surface area is 118 Å². The minimum atomic E-state index is 0.695. The summed E-state index contributed by atoms with van der Waals surface area (Å²) in [4.78, 5) is 0. The average molecular weight is 280 g/mol. The van der Waals surface area contributed by atoms with Crippen molar-refractivity contribution in [3.8, 4) is 0 Å². The van der Waals surface area contributed by atoms with Crippen molar-refractivity contribution in [1.29, 1.82) is 0 Å². The van der Waals surface area contributed by atoms with Crippen LogP contribution in [-0.4, -0.2) is 0 Å². The van der Waals surface area contributed by atoms with E-state index in [-0.39, 0.29) is 0 Å². The van der Waals surface area contributed by atoms with E-state index in [9.17, 15) is 0 Å². The van der Waals surface area contributed by atoms with Crippen molar-refractivity contribution in [3.63, 3.8) is 0 Å². The van der Waals surface area contributed by atoms with E-state index >= 15 is 0 Å². The maximum Gasteiger partial charge on any atom is 0.0458 e. The average Bonchev–Trinajstić information content (AvgIpc) is 2.32. The second-order valence-electron chi connectivity index (χ2n) is 4.41. The largest absolute Gasteiger partial charge is 0.381 e. The number of halogens is 2. The van der Waals surface area contributed by atoms with Crippen LogP contribution in [0.1, 0.15) is 16.7 Å². The molecular formula is C15H15Cl2N. The molecule has 0 aliphatic heterocycles. The third-order valence-electron chi connectivity index (χ3n) is 2.88. The molecule has 0 radical (unpaired) electrons. The Hall–Kier alpha value is -1.18. The van der Waals surface area contributed by atoms with E-state index in [1.54, 1.807) is 0 Å². The molecule has 1 N–H and O–H groups in total. The van der Waals surface area contributed by atoms with Gasteiger partial charge in [-0.25, -0.2) is 0 Å². The van der Waals surface area contributed by atoms with Gasteiger partial charge >= 0.3 is 0 Å². The molecule has 0 saturated heterocycles. The van der Waals surface area contributed by atoms with Crippen LogP contribution in [0, 0.1) is 13.8 Å². The Morgan fingerprint density at radius 2 is 1.78 bits per heavy atom. The highest BCUT2D eigenvalue weighted by Crippen LogP contribution is 2.23. The number of hydrogen-bond acceptors (Lipinski definition) is 1. The zero-order valence-electron chi connectivity index (χ0n) is 10.4. The first-order valence-electron chi connectivity index (χ1n) is 5.81. The topological polar surface area (TPSA) is 12.0 Å². The molecule has 0 aromatic heterocycles. The molecule has 2 rings (SSSR count). The summed E-state index contributed by atoms with van der Waals surface area (Å²) in [6, 6.07) is 11.9. The highest BCUT2D eigenvalue weighted by molar-refractivity contribution is 6.31. The highest BCUT2D eigenvalue weighted by atomic mass is 35.5. The maximum absolute atomic E-state index is 6.20. The Morgan fingerprint density at radius 1 is 1.00 bits per heavy atom. The van der Waals surface area contributed by atoms with Crippen LogP contribution in [0.25, 0.3) is 0 Å². The van der Waals surface area contributed by atoms with Crippen LogP contribution in [0.3, 0.4) is 0 Å². The van der Waals surface area contributed by atoms with Gasteiger partial charge in [0.25, 0.3) is 0 Å². The van der Waals surface area contributed by atoms with Gasteiger partial charge in [-0.3, -0.25) is 0 Å². The molecule has 1 nitrogen and oxygen atoms in total. The molecule has 0 amide bonds. The molecule has 0 heterocycles. The molecular weight excluding hydrogens is 265 g/mol. The molecule has 18 heavy (non-hydrogen) atoms. The number of anilines is 1. The smallest absolute Gasteiger partial charge is 0.0458 e. The molecule has 0 saturated carbocycles. The molecule has 94 valence electrons. The van der Waals surface area contributed by atoms with Crippen molar-refractivity contribution < 1.29 is 0 Å². The van der Waals surface area contributed by atoms with Gasteiger partial charge in [-0.1, -0.05) is 41.4 Å². The summed E-state index contributed by atoms with van der Waals surface area (Å²) < 4.78 is 0. The third-order valence-corrected chi connectivity index (χ3v) is 3.46. The van der Waals surface area contributed by atoms with E-state index in [0.29, 0.717) is 6.54 Å². The van der Waals surface area contributed by atoms with Crippen LogP contribution < -0.4 is 5.32 Å². The zero-order chi connectivity index (χ0) is 13.1. The highest BCUT2D eigenvalue weighted by Gasteiger charge is 2.03. The fourth-order valence-electron chi connectivity index (χ4n) is 1.77. The molecule has 0 bridgehead atoms. The van der Waals surface area contributed by atoms with Crippen molar-refractivity contribution in [1.82, 2.24) is 0 Å². The van der Waals surface area contributed by atoms with E-state index in [4.69, 9.17) is 23.2 Å². The molecule has 0 fully saturated rings. The zero-order valence-corrected chi connectivity index (χ0v) is 11.9. The molecule has 0 spiro atoms. The lowest BCUT2D eigenvalue weighted by atomic mass is 10.1. The fraction of sp³-hybridized carbons (Fsp3) is 0.200. The van der Waals surface area contributed by atoms with Gasteiger partial charge in [0, 0.05) is 22.3 Å². The monoisotopic (exact) mass is 279 g/mol. The quantitative estimate of drug-likeness (QED) is 0.812. The van der Waals surface area contributed by atoms with Gasteiger partial charge in [-0.15, -0.1) is 0 Å². The lowest BCUT2D eigenvalue weighted by Gasteiger charge is -2.11. The van der Waals surface area contributed by atoms with E-state index in [2.05, 4.69) is 18.3 Å². The van der Waals surface area contributed by atoms with Crippen LogP contribution in [-0.2, 0) is 6.54 Å². The first-order valence-corrected chi connectivity index (χ1v) is 6.57. The first-order chi connectivity index (χ1) is 8.56. The fourth-order valence-corrected chi connectivity index (χ4v) is 2.24. The van der Waals surface area contributed by atoms with Crippen molar-refractivity contribution in [2.24, 2.45) is 0 Å². The number of rotatable bonds is 3. The molecule has 2 aromatic carbocycles. The van der Waals surface area contributed by atoms with Crippen LogP contribution >= 0.6 is 23.2 Å².